The lowest BCUT2D eigenvalue weighted by Gasteiger charge is -2.45. The van der Waals surface area contributed by atoms with E-state index in [1.807, 2.05) is 59.5 Å². The van der Waals surface area contributed by atoms with Crippen molar-refractivity contribution in [3.63, 3.8) is 0 Å². The molecule has 6 rings (SSSR count). The fourth-order valence-corrected chi connectivity index (χ4v) is 7.17. The van der Waals surface area contributed by atoms with Crippen LogP contribution in [0.1, 0.15) is 35.2 Å². The smallest absolute Gasteiger partial charge is 0.369 e. The lowest BCUT2D eigenvalue weighted by atomic mass is 9.94. The topological polar surface area (TPSA) is 47.1 Å². The molecule has 0 N–H and O–H groups in total. The lowest BCUT2D eigenvalue weighted by molar-refractivity contribution is -0.185. The Labute approximate surface area is 272 Å². The zero-order valence-corrected chi connectivity index (χ0v) is 26.5. The van der Waals surface area contributed by atoms with Gasteiger partial charge in [0.1, 0.15) is 6.10 Å². The van der Waals surface area contributed by atoms with Crippen molar-refractivity contribution >= 4 is 16.5 Å². The molecule has 0 bridgehead atoms. The number of ether oxygens (including phenoxy) is 3. The number of hydrogen-bond donors (Lipinski definition) is 0. The van der Waals surface area contributed by atoms with E-state index in [0.29, 0.717) is 51.1 Å². The Kier molecular flexibility index (Phi) is 11.0. The van der Waals surface area contributed by atoms with Crippen molar-refractivity contribution in [2.24, 2.45) is 5.92 Å². The van der Waals surface area contributed by atoms with Crippen molar-refractivity contribution in [2.45, 2.75) is 57.2 Å². The van der Waals surface area contributed by atoms with E-state index in [0.717, 1.165) is 52.8 Å². The highest BCUT2D eigenvalue weighted by atomic mass is 32.1. The highest BCUT2D eigenvalue weighted by Gasteiger charge is 2.41. The van der Waals surface area contributed by atoms with Gasteiger partial charge in [0, 0.05) is 38.1 Å². The predicted molar refractivity (Wildman–Crippen MR) is 174 cm³/mol. The number of piperidine rings is 2. The Balaban J connectivity index is 1.18. The molecule has 2 aliphatic rings. The number of aromatic nitrogens is 1. The molecule has 4 aromatic rings. The van der Waals surface area contributed by atoms with Crippen molar-refractivity contribution in [1.29, 1.82) is 0 Å². The summed E-state index contributed by atoms with van der Waals surface area (Å²) < 4.78 is 59.6. The van der Waals surface area contributed by atoms with E-state index in [9.17, 15) is 13.2 Å². The van der Waals surface area contributed by atoms with Gasteiger partial charge in [0.05, 0.1) is 32.0 Å². The molecule has 0 spiro atoms. The lowest BCUT2D eigenvalue weighted by Crippen LogP contribution is -2.59. The Hall–Kier alpha value is -3.28. The molecule has 4 atom stereocenters. The second-order valence-corrected chi connectivity index (χ2v) is 13.0. The van der Waals surface area contributed by atoms with Gasteiger partial charge in [0.2, 0.25) is 0 Å². The van der Waals surface area contributed by atoms with Crippen LogP contribution in [0.4, 0.5) is 18.3 Å². The molecule has 2 fully saturated rings. The molecule has 2 aliphatic heterocycles. The van der Waals surface area contributed by atoms with Crippen LogP contribution < -0.4 is 4.90 Å². The summed E-state index contributed by atoms with van der Waals surface area (Å²) in [5.74, 6) is 0.276. The van der Waals surface area contributed by atoms with Crippen LogP contribution in [-0.2, 0) is 40.2 Å². The maximum absolute atomic E-state index is 13.2. The van der Waals surface area contributed by atoms with E-state index in [1.54, 1.807) is 0 Å². The standard InChI is InChI=1S/C36H40F3N3O3S/c37-36(38,39)33-26-46-35(40-33)42-18-10-17-30(20-42)19-41-21-31(43-23-27-11-4-1-5-12-27)34(45-25-29-15-8-3-9-16-29)32(22-41)44-24-28-13-6-2-7-14-28/h1-9,11-16,26,30-32,34H,10,17-25H2/t30-,31-,32+,34?/m1/s1. The third-order valence-electron chi connectivity index (χ3n) is 8.60. The van der Waals surface area contributed by atoms with E-state index in [-0.39, 0.29) is 24.2 Å². The van der Waals surface area contributed by atoms with Crippen molar-refractivity contribution in [3.05, 3.63) is 119 Å². The third-order valence-corrected chi connectivity index (χ3v) is 9.50. The van der Waals surface area contributed by atoms with Gasteiger partial charge >= 0.3 is 6.18 Å². The van der Waals surface area contributed by atoms with Gasteiger partial charge in [-0.05, 0) is 35.4 Å². The maximum atomic E-state index is 13.2. The first-order chi connectivity index (χ1) is 22.4. The number of benzene rings is 3. The van der Waals surface area contributed by atoms with Crippen LogP contribution in [0.5, 0.6) is 0 Å². The average molecular weight is 652 g/mol. The molecule has 0 amide bonds. The molecular formula is C36H40F3N3O3S. The summed E-state index contributed by atoms with van der Waals surface area (Å²) in [7, 11) is 0. The van der Waals surface area contributed by atoms with E-state index < -0.39 is 11.9 Å². The van der Waals surface area contributed by atoms with E-state index in [1.165, 1.54) is 0 Å². The fraction of sp³-hybridized carbons (Fsp3) is 0.417. The van der Waals surface area contributed by atoms with Crippen molar-refractivity contribution in [1.82, 2.24) is 9.88 Å². The second kappa shape index (κ2) is 15.5. The number of thiazole rings is 1. The third kappa shape index (κ3) is 8.95. The van der Waals surface area contributed by atoms with Gasteiger partial charge in [0.25, 0.3) is 0 Å². The van der Waals surface area contributed by atoms with Crippen LogP contribution in [0.15, 0.2) is 96.4 Å². The van der Waals surface area contributed by atoms with Crippen LogP contribution in [-0.4, -0.2) is 60.9 Å². The minimum Gasteiger partial charge on any atom is -0.369 e. The fourth-order valence-electron chi connectivity index (χ4n) is 6.30. The highest BCUT2D eigenvalue weighted by molar-refractivity contribution is 7.13. The molecule has 0 radical (unpaired) electrons. The normalized spacial score (nSPS) is 22.6. The van der Waals surface area contributed by atoms with Gasteiger partial charge in [-0.2, -0.15) is 13.2 Å². The molecule has 10 heteroatoms. The van der Waals surface area contributed by atoms with Crippen LogP contribution in [0.25, 0.3) is 0 Å². The SMILES string of the molecule is FC(F)(F)c1csc(N2CCC[C@H](CN3C[C@H](OCc4ccccc4)C(OCc4ccccc4)[C@H](OCc4ccccc4)C3)C2)n1. The average Bonchev–Trinajstić information content (AvgIpc) is 3.59. The monoisotopic (exact) mass is 651 g/mol. The first kappa shape index (κ1) is 32.7. The zero-order chi connectivity index (χ0) is 31.8. The van der Waals surface area contributed by atoms with E-state index >= 15 is 0 Å². The van der Waals surface area contributed by atoms with Gasteiger partial charge in [-0.25, -0.2) is 4.98 Å². The number of hydrogen-bond acceptors (Lipinski definition) is 7. The summed E-state index contributed by atoms with van der Waals surface area (Å²) in [6.07, 6.45) is -3.30. The summed E-state index contributed by atoms with van der Waals surface area (Å²) in [6.45, 7) is 4.87. The molecule has 0 saturated carbocycles. The molecule has 0 aliphatic carbocycles. The van der Waals surface area contributed by atoms with Gasteiger partial charge in [-0.15, -0.1) is 11.3 Å². The number of rotatable bonds is 12. The van der Waals surface area contributed by atoms with Crippen molar-refractivity contribution in [3.8, 4) is 0 Å². The second-order valence-electron chi connectivity index (χ2n) is 12.1. The largest absolute Gasteiger partial charge is 0.434 e. The quantitative estimate of drug-likeness (QED) is 0.159. The number of likely N-dealkylation sites (tertiary alicyclic amines) is 1. The molecule has 46 heavy (non-hydrogen) atoms. The van der Waals surface area contributed by atoms with Crippen LogP contribution in [0, 0.1) is 5.92 Å². The molecule has 6 nitrogen and oxygen atoms in total. The number of alkyl halides is 3. The Morgan fingerprint density at radius 2 is 1.24 bits per heavy atom. The first-order valence-corrected chi connectivity index (χ1v) is 16.8. The van der Waals surface area contributed by atoms with Gasteiger partial charge in [0.15, 0.2) is 10.8 Å². The number of anilines is 1. The highest BCUT2D eigenvalue weighted by Crippen LogP contribution is 2.35. The molecular weight excluding hydrogens is 611 g/mol. The molecule has 2 saturated heterocycles. The van der Waals surface area contributed by atoms with Gasteiger partial charge in [-0.1, -0.05) is 91.0 Å². The molecule has 1 aromatic heterocycles. The first-order valence-electron chi connectivity index (χ1n) is 15.9. The minimum absolute atomic E-state index is 0.244. The Morgan fingerprint density at radius 3 is 1.74 bits per heavy atom. The Morgan fingerprint density at radius 1 is 0.717 bits per heavy atom. The summed E-state index contributed by atoms with van der Waals surface area (Å²) in [5.41, 5.74) is 2.45. The summed E-state index contributed by atoms with van der Waals surface area (Å²) in [4.78, 5) is 8.33. The molecule has 3 aromatic carbocycles. The number of nitrogens with zero attached hydrogens (tertiary/aromatic N) is 3. The zero-order valence-electron chi connectivity index (χ0n) is 25.7. The van der Waals surface area contributed by atoms with Crippen LogP contribution in [0.3, 0.4) is 0 Å². The molecule has 1 unspecified atom stereocenters. The predicted octanol–water partition coefficient (Wildman–Crippen LogP) is 7.45. The molecule has 3 heterocycles. The maximum Gasteiger partial charge on any atom is 0.434 e. The minimum atomic E-state index is -4.43. The van der Waals surface area contributed by atoms with E-state index in [2.05, 4.69) is 46.3 Å². The van der Waals surface area contributed by atoms with Crippen LogP contribution in [0.2, 0.25) is 0 Å². The van der Waals surface area contributed by atoms with E-state index in [4.69, 9.17) is 14.2 Å². The Bertz CT molecular complexity index is 1420. The molecule has 244 valence electrons. The van der Waals surface area contributed by atoms with Crippen molar-refractivity contribution < 1.29 is 27.4 Å². The summed E-state index contributed by atoms with van der Waals surface area (Å²) >= 11 is 1.07. The summed E-state index contributed by atoms with van der Waals surface area (Å²) in [6, 6.07) is 30.4. The van der Waals surface area contributed by atoms with Crippen LogP contribution >= 0.6 is 11.3 Å². The summed E-state index contributed by atoms with van der Waals surface area (Å²) in [5, 5.41) is 1.56. The van der Waals surface area contributed by atoms with Crippen molar-refractivity contribution in [2.75, 3.05) is 37.6 Å². The van der Waals surface area contributed by atoms with Gasteiger partial charge in [-0.3, -0.25) is 4.90 Å². The number of halogens is 3. The van der Waals surface area contributed by atoms with Gasteiger partial charge < -0.3 is 19.1 Å².